The summed E-state index contributed by atoms with van der Waals surface area (Å²) in [5, 5.41) is 8.74. The van der Waals surface area contributed by atoms with Crippen molar-refractivity contribution in [3.05, 3.63) is 29.3 Å². The number of carboxylic acids is 1. The molecule has 0 saturated carbocycles. The van der Waals surface area contributed by atoms with Crippen LogP contribution in [0, 0.1) is 11.6 Å². The fourth-order valence-electron chi connectivity index (χ4n) is 1.90. The Morgan fingerprint density at radius 1 is 1.19 bits per heavy atom. The third kappa shape index (κ3) is 1.85. The first-order chi connectivity index (χ1) is 7.59. The molecule has 86 valence electrons. The standard InChI is InChI=1S/C11H11F2NO2/c12-8-6-9(13)10(5-7(8)11(15)16)14-3-1-2-4-14/h5-6H,1-4H2,(H,15,16). The van der Waals surface area contributed by atoms with Crippen LogP contribution in [0.2, 0.25) is 0 Å². The van der Waals surface area contributed by atoms with E-state index in [0.29, 0.717) is 19.2 Å². The molecule has 0 bridgehead atoms. The number of halogens is 2. The van der Waals surface area contributed by atoms with Gasteiger partial charge in [0.05, 0.1) is 11.3 Å². The summed E-state index contributed by atoms with van der Waals surface area (Å²) in [5.41, 5.74) is -0.306. The summed E-state index contributed by atoms with van der Waals surface area (Å²) in [6, 6.07) is 1.70. The van der Waals surface area contributed by atoms with E-state index in [-0.39, 0.29) is 5.69 Å². The zero-order chi connectivity index (χ0) is 11.7. The van der Waals surface area contributed by atoms with Crippen LogP contribution in [0.15, 0.2) is 12.1 Å². The lowest BCUT2D eigenvalue weighted by molar-refractivity contribution is 0.0692. The maximum Gasteiger partial charge on any atom is 0.338 e. The molecule has 5 heteroatoms. The number of hydrogen-bond acceptors (Lipinski definition) is 2. The van der Waals surface area contributed by atoms with Crippen molar-refractivity contribution in [3.63, 3.8) is 0 Å². The van der Waals surface area contributed by atoms with Crippen LogP contribution in [0.1, 0.15) is 23.2 Å². The molecule has 0 atom stereocenters. The van der Waals surface area contributed by atoms with Gasteiger partial charge in [0.1, 0.15) is 11.6 Å². The highest BCUT2D eigenvalue weighted by Gasteiger charge is 2.20. The second-order valence-electron chi connectivity index (χ2n) is 3.78. The maximum absolute atomic E-state index is 13.5. The highest BCUT2D eigenvalue weighted by atomic mass is 19.1. The predicted molar refractivity (Wildman–Crippen MR) is 54.8 cm³/mol. The minimum absolute atomic E-state index is 0.177. The minimum Gasteiger partial charge on any atom is -0.478 e. The van der Waals surface area contributed by atoms with E-state index in [1.54, 1.807) is 4.90 Å². The maximum atomic E-state index is 13.5. The molecular formula is C11H11F2NO2. The number of benzene rings is 1. The molecule has 1 aromatic carbocycles. The molecule has 16 heavy (non-hydrogen) atoms. The van der Waals surface area contributed by atoms with E-state index in [1.807, 2.05) is 0 Å². The van der Waals surface area contributed by atoms with Crippen LogP contribution in [0.5, 0.6) is 0 Å². The van der Waals surface area contributed by atoms with Gasteiger partial charge in [-0.2, -0.15) is 0 Å². The first kappa shape index (κ1) is 10.9. The second kappa shape index (κ2) is 4.08. The zero-order valence-corrected chi connectivity index (χ0v) is 8.54. The van der Waals surface area contributed by atoms with Gasteiger partial charge in [-0.15, -0.1) is 0 Å². The number of carbonyl (C=O) groups is 1. The Morgan fingerprint density at radius 2 is 1.81 bits per heavy atom. The van der Waals surface area contributed by atoms with Crippen LogP contribution in [0.25, 0.3) is 0 Å². The Balaban J connectivity index is 2.44. The Labute approximate surface area is 91.3 Å². The Kier molecular flexibility index (Phi) is 2.77. The fraction of sp³-hybridized carbons (Fsp3) is 0.364. The van der Waals surface area contributed by atoms with Crippen molar-refractivity contribution in [2.24, 2.45) is 0 Å². The number of rotatable bonds is 2. The largest absolute Gasteiger partial charge is 0.478 e. The predicted octanol–water partition coefficient (Wildman–Crippen LogP) is 2.26. The van der Waals surface area contributed by atoms with Crippen molar-refractivity contribution in [3.8, 4) is 0 Å². The molecule has 0 spiro atoms. The van der Waals surface area contributed by atoms with Crippen LogP contribution >= 0.6 is 0 Å². The minimum atomic E-state index is -1.38. The number of aromatic carboxylic acids is 1. The van der Waals surface area contributed by atoms with Gasteiger partial charge in [-0.3, -0.25) is 0 Å². The Bertz CT molecular complexity index is 428. The quantitative estimate of drug-likeness (QED) is 0.842. The monoisotopic (exact) mass is 227 g/mol. The molecule has 1 heterocycles. The highest BCUT2D eigenvalue weighted by Crippen LogP contribution is 2.26. The number of nitrogens with zero attached hydrogens (tertiary/aromatic N) is 1. The summed E-state index contributed by atoms with van der Waals surface area (Å²) in [6.07, 6.45) is 1.89. The molecule has 1 aliphatic heterocycles. The molecule has 1 saturated heterocycles. The molecule has 1 aliphatic rings. The number of hydrogen-bond donors (Lipinski definition) is 1. The van der Waals surface area contributed by atoms with Gasteiger partial charge >= 0.3 is 5.97 Å². The normalized spacial score (nSPS) is 15.5. The van der Waals surface area contributed by atoms with Gasteiger partial charge in [0, 0.05) is 19.2 Å². The molecule has 1 aromatic rings. The van der Waals surface area contributed by atoms with E-state index in [2.05, 4.69) is 0 Å². The molecule has 2 rings (SSSR count). The Hall–Kier alpha value is -1.65. The lowest BCUT2D eigenvalue weighted by atomic mass is 10.1. The fourth-order valence-corrected chi connectivity index (χ4v) is 1.90. The second-order valence-corrected chi connectivity index (χ2v) is 3.78. The van der Waals surface area contributed by atoms with Crippen molar-refractivity contribution in [1.82, 2.24) is 0 Å². The molecule has 3 nitrogen and oxygen atoms in total. The molecule has 0 unspecified atom stereocenters. The smallest absolute Gasteiger partial charge is 0.338 e. The molecular weight excluding hydrogens is 216 g/mol. The summed E-state index contributed by atoms with van der Waals surface area (Å²) >= 11 is 0. The van der Waals surface area contributed by atoms with Crippen LogP contribution < -0.4 is 4.90 Å². The van der Waals surface area contributed by atoms with Crippen molar-refractivity contribution in [2.45, 2.75) is 12.8 Å². The van der Waals surface area contributed by atoms with E-state index in [0.717, 1.165) is 18.9 Å². The van der Waals surface area contributed by atoms with Crippen molar-refractivity contribution in [2.75, 3.05) is 18.0 Å². The van der Waals surface area contributed by atoms with Gasteiger partial charge in [-0.1, -0.05) is 0 Å². The van der Waals surface area contributed by atoms with E-state index < -0.39 is 23.2 Å². The summed E-state index contributed by atoms with van der Waals surface area (Å²) in [5.74, 6) is -3.12. The zero-order valence-electron chi connectivity index (χ0n) is 8.54. The van der Waals surface area contributed by atoms with Gasteiger partial charge < -0.3 is 10.0 Å². The molecule has 0 amide bonds. The van der Waals surface area contributed by atoms with Gasteiger partial charge in [-0.25, -0.2) is 13.6 Å². The van der Waals surface area contributed by atoms with Crippen LogP contribution in [-0.2, 0) is 0 Å². The van der Waals surface area contributed by atoms with E-state index in [4.69, 9.17) is 5.11 Å². The van der Waals surface area contributed by atoms with Gasteiger partial charge in [0.15, 0.2) is 0 Å². The van der Waals surface area contributed by atoms with E-state index in [9.17, 15) is 13.6 Å². The lowest BCUT2D eigenvalue weighted by Gasteiger charge is -2.18. The molecule has 0 radical (unpaired) electrons. The SMILES string of the molecule is O=C(O)c1cc(N2CCCC2)c(F)cc1F. The van der Waals surface area contributed by atoms with Gasteiger partial charge in [-0.05, 0) is 18.9 Å². The average molecular weight is 227 g/mol. The van der Waals surface area contributed by atoms with Crippen LogP contribution in [0.3, 0.4) is 0 Å². The van der Waals surface area contributed by atoms with Crippen LogP contribution in [0.4, 0.5) is 14.5 Å². The molecule has 0 aliphatic carbocycles. The average Bonchev–Trinajstić information content (AvgIpc) is 2.70. The number of anilines is 1. The molecule has 0 aromatic heterocycles. The van der Waals surface area contributed by atoms with Crippen molar-refractivity contribution >= 4 is 11.7 Å². The van der Waals surface area contributed by atoms with Crippen molar-refractivity contribution < 1.29 is 18.7 Å². The topological polar surface area (TPSA) is 40.5 Å². The third-order valence-corrected chi connectivity index (χ3v) is 2.71. The summed E-state index contributed by atoms with van der Waals surface area (Å²) in [4.78, 5) is 12.5. The number of carboxylic acid groups (broad SMARTS) is 1. The van der Waals surface area contributed by atoms with Gasteiger partial charge in [0.2, 0.25) is 0 Å². The highest BCUT2D eigenvalue weighted by molar-refractivity contribution is 5.89. The van der Waals surface area contributed by atoms with Crippen LogP contribution in [-0.4, -0.2) is 24.2 Å². The lowest BCUT2D eigenvalue weighted by Crippen LogP contribution is -2.20. The Morgan fingerprint density at radius 3 is 2.38 bits per heavy atom. The van der Waals surface area contributed by atoms with E-state index in [1.165, 1.54) is 0 Å². The van der Waals surface area contributed by atoms with Crippen molar-refractivity contribution in [1.29, 1.82) is 0 Å². The van der Waals surface area contributed by atoms with E-state index >= 15 is 0 Å². The molecule has 1 fully saturated rings. The summed E-state index contributed by atoms with van der Waals surface area (Å²) < 4.78 is 26.6. The first-order valence-electron chi connectivity index (χ1n) is 5.07. The molecule has 1 N–H and O–H groups in total. The van der Waals surface area contributed by atoms with Gasteiger partial charge in [0.25, 0.3) is 0 Å². The summed E-state index contributed by atoms with van der Waals surface area (Å²) in [6.45, 7) is 1.36. The summed E-state index contributed by atoms with van der Waals surface area (Å²) in [7, 11) is 0. The first-order valence-corrected chi connectivity index (χ1v) is 5.07. The third-order valence-electron chi connectivity index (χ3n) is 2.71.